The molecule has 3 aliphatic heterocycles. The predicted octanol–water partition coefficient (Wildman–Crippen LogP) is 2.96. The molecule has 0 radical (unpaired) electrons. The lowest BCUT2D eigenvalue weighted by Gasteiger charge is -2.50. The van der Waals surface area contributed by atoms with Crippen LogP contribution in [-0.4, -0.2) is 134 Å². The van der Waals surface area contributed by atoms with E-state index in [0.717, 1.165) is 27.7 Å². The second-order valence-corrected chi connectivity index (χ2v) is 14.4. The maximum atomic E-state index is 14.3. The van der Waals surface area contributed by atoms with Gasteiger partial charge in [-0.05, 0) is 43.3 Å². The molecule has 3 heterocycles. The van der Waals surface area contributed by atoms with Crippen LogP contribution in [-0.2, 0) is 66.5 Å². The summed E-state index contributed by atoms with van der Waals surface area (Å²) in [6.07, 6.45) is -14.9. The third-order valence-electron chi connectivity index (χ3n) is 9.95. The van der Waals surface area contributed by atoms with Crippen LogP contribution in [0.3, 0.4) is 0 Å². The Labute approximate surface area is 360 Å². The highest BCUT2D eigenvalue weighted by molar-refractivity contribution is 6.21. The summed E-state index contributed by atoms with van der Waals surface area (Å²) in [4.78, 5) is 107. The van der Waals surface area contributed by atoms with Crippen LogP contribution >= 0.6 is 0 Å². The Hall–Kier alpha value is -6.54. The summed E-state index contributed by atoms with van der Waals surface area (Å²) in [6, 6.07) is 19.7. The van der Waals surface area contributed by atoms with Crippen LogP contribution in [0.5, 0.6) is 0 Å². The molecule has 19 nitrogen and oxygen atoms in total. The van der Waals surface area contributed by atoms with Crippen LogP contribution in [0.4, 0.5) is 0 Å². The van der Waals surface area contributed by atoms with Crippen molar-refractivity contribution in [3.63, 3.8) is 0 Å². The van der Waals surface area contributed by atoms with Gasteiger partial charge in [0.25, 0.3) is 11.8 Å². The lowest BCUT2D eigenvalue weighted by molar-refractivity contribution is -0.350. The van der Waals surface area contributed by atoms with Crippen LogP contribution in [0, 0.1) is 0 Å². The maximum absolute atomic E-state index is 14.3. The molecule has 0 spiro atoms. The van der Waals surface area contributed by atoms with Crippen LogP contribution in [0.25, 0.3) is 0 Å². The van der Waals surface area contributed by atoms with Crippen molar-refractivity contribution in [1.29, 1.82) is 0 Å². The van der Waals surface area contributed by atoms with Crippen molar-refractivity contribution >= 4 is 47.6 Å². The van der Waals surface area contributed by atoms with E-state index >= 15 is 0 Å². The van der Waals surface area contributed by atoms with Crippen molar-refractivity contribution < 1.29 is 85.7 Å². The Morgan fingerprint density at radius 1 is 0.524 bits per heavy atom. The number of nitrogens with zero attached hydrogens (tertiary/aromatic N) is 1. The van der Waals surface area contributed by atoms with Crippen LogP contribution in [0.15, 0.2) is 84.9 Å². The number of esters is 6. The van der Waals surface area contributed by atoms with E-state index in [2.05, 4.69) is 0 Å². The average molecular weight is 876 g/mol. The molecule has 6 rings (SSSR count). The molecule has 0 bridgehead atoms. The largest absolute Gasteiger partial charge is 0.463 e. The maximum Gasteiger partial charge on any atom is 0.338 e. The van der Waals surface area contributed by atoms with Gasteiger partial charge >= 0.3 is 35.8 Å². The highest BCUT2D eigenvalue weighted by Crippen LogP contribution is 2.39. The number of imide groups is 1. The van der Waals surface area contributed by atoms with Gasteiger partial charge in [0, 0.05) is 34.3 Å². The van der Waals surface area contributed by atoms with Gasteiger partial charge < -0.3 is 47.4 Å². The third-order valence-corrected chi connectivity index (χ3v) is 9.95. The van der Waals surface area contributed by atoms with E-state index in [-0.39, 0.29) is 28.9 Å². The summed E-state index contributed by atoms with van der Waals surface area (Å²) in [5.41, 5.74) is 0.186. The van der Waals surface area contributed by atoms with Crippen LogP contribution in [0.2, 0.25) is 0 Å². The van der Waals surface area contributed by atoms with Gasteiger partial charge in [0.15, 0.2) is 37.0 Å². The SMILES string of the molecule is CCO[C@@H]1O[C@H](COC(=O)c2ccccc2)[C@H](O[C@@H]2O[C@H](COC(C)=O)[C@@H](OC(C)=O)[C@H](OC(C)=O)[C@H]2N2C(=O)c3ccccc3C2=O)[C@H](OC(C)=O)[C@H]1OC(=O)c1ccccc1. The summed E-state index contributed by atoms with van der Waals surface area (Å²) < 4.78 is 59.4. The first-order valence-corrected chi connectivity index (χ1v) is 19.9. The van der Waals surface area contributed by atoms with E-state index < -0.39 is 122 Å². The fourth-order valence-electron chi connectivity index (χ4n) is 7.41. The zero-order valence-corrected chi connectivity index (χ0v) is 34.8. The minimum Gasteiger partial charge on any atom is -0.463 e. The second kappa shape index (κ2) is 20.6. The van der Waals surface area contributed by atoms with Gasteiger partial charge in [0.1, 0.15) is 37.6 Å². The minimum atomic E-state index is -1.96. The Kier molecular flexibility index (Phi) is 15.0. The molecule has 334 valence electrons. The molecule has 2 fully saturated rings. The van der Waals surface area contributed by atoms with E-state index in [1.807, 2.05) is 0 Å². The first-order valence-electron chi connectivity index (χ1n) is 19.9. The van der Waals surface area contributed by atoms with Crippen molar-refractivity contribution in [3.8, 4) is 0 Å². The summed E-state index contributed by atoms with van der Waals surface area (Å²) in [5, 5.41) is 0. The number of benzene rings is 3. The van der Waals surface area contributed by atoms with Crippen molar-refractivity contribution in [2.75, 3.05) is 19.8 Å². The normalized spacial score (nSPS) is 26.5. The van der Waals surface area contributed by atoms with Gasteiger partial charge in [-0.3, -0.25) is 33.7 Å². The Morgan fingerprint density at radius 2 is 1.00 bits per heavy atom. The topological polar surface area (TPSA) is 232 Å². The van der Waals surface area contributed by atoms with Crippen LogP contribution in [0.1, 0.15) is 76.1 Å². The molecular weight excluding hydrogens is 830 g/mol. The molecule has 2 amide bonds. The van der Waals surface area contributed by atoms with Crippen LogP contribution < -0.4 is 0 Å². The zero-order chi connectivity index (χ0) is 45.4. The number of hydrogen-bond acceptors (Lipinski definition) is 18. The van der Waals surface area contributed by atoms with E-state index in [1.165, 1.54) is 48.5 Å². The molecule has 0 N–H and O–H groups in total. The molecule has 19 heteroatoms. The fraction of sp³-hybridized carbons (Fsp3) is 0.409. The van der Waals surface area contributed by atoms with Gasteiger partial charge in [-0.1, -0.05) is 48.5 Å². The molecule has 2 saturated heterocycles. The molecule has 0 unspecified atom stereocenters. The molecule has 63 heavy (non-hydrogen) atoms. The van der Waals surface area contributed by atoms with Gasteiger partial charge in [-0.15, -0.1) is 0 Å². The molecule has 3 aromatic rings. The number of fused-ring (bicyclic) bond motifs is 1. The van der Waals surface area contributed by atoms with Gasteiger partial charge in [-0.2, -0.15) is 0 Å². The monoisotopic (exact) mass is 875 g/mol. The van der Waals surface area contributed by atoms with Crippen molar-refractivity contribution in [2.24, 2.45) is 0 Å². The first kappa shape index (κ1) is 46.0. The molecule has 3 aromatic carbocycles. The van der Waals surface area contributed by atoms with Gasteiger partial charge in [-0.25, -0.2) is 9.59 Å². The molecule has 0 aromatic heterocycles. The van der Waals surface area contributed by atoms with E-state index in [9.17, 15) is 38.4 Å². The average Bonchev–Trinajstić information content (AvgIpc) is 3.50. The zero-order valence-electron chi connectivity index (χ0n) is 34.8. The summed E-state index contributed by atoms with van der Waals surface area (Å²) in [7, 11) is 0. The quantitative estimate of drug-likeness (QED) is 0.121. The lowest BCUT2D eigenvalue weighted by atomic mass is 9.93. The van der Waals surface area contributed by atoms with Crippen molar-refractivity contribution in [2.45, 2.75) is 96.0 Å². The highest BCUT2D eigenvalue weighted by Gasteiger charge is 2.60. The number of amides is 2. The Balaban J connectivity index is 1.50. The third kappa shape index (κ3) is 10.7. The van der Waals surface area contributed by atoms with Crippen molar-refractivity contribution in [3.05, 3.63) is 107 Å². The molecule has 0 saturated carbocycles. The molecule has 10 atom stereocenters. The lowest BCUT2D eigenvalue weighted by Crippen LogP contribution is -2.70. The highest BCUT2D eigenvalue weighted by atomic mass is 16.8. The smallest absolute Gasteiger partial charge is 0.338 e. The number of ether oxygens (including phenoxy) is 10. The first-order chi connectivity index (χ1) is 30.2. The predicted molar refractivity (Wildman–Crippen MR) is 210 cm³/mol. The Morgan fingerprint density at radius 3 is 1.54 bits per heavy atom. The summed E-state index contributed by atoms with van der Waals surface area (Å²) >= 11 is 0. The molecular formula is C44H45NO18. The van der Waals surface area contributed by atoms with E-state index in [1.54, 1.807) is 43.3 Å². The number of carbonyl (C=O) groups is 8. The number of hydrogen-bond donors (Lipinski definition) is 0. The number of rotatable bonds is 15. The summed E-state index contributed by atoms with van der Waals surface area (Å²) in [5.74, 6) is -7.02. The van der Waals surface area contributed by atoms with Crippen molar-refractivity contribution in [1.82, 2.24) is 4.90 Å². The standard InChI is InChI=1S/C44H45NO18/c1-6-54-44-38(62-42(53)28-17-11-8-12-18-28)37(59-26(5)49)35(32(61-44)22-56-41(52)27-15-9-7-10-16-27)63-43-33(45-39(50)29-19-13-14-20-30(29)40(45)51)36(58-25(4)48)34(57-24(3)47)31(60-43)21-55-23(2)46/h7-20,31-38,43-44H,6,21-22H2,1-5H3/t31-,32-,33-,34-,35+,36-,37+,38-,43+,44-/m1/s1. The summed E-state index contributed by atoms with van der Waals surface area (Å²) in [6.45, 7) is 4.55. The minimum absolute atomic E-state index is 0.0219. The van der Waals surface area contributed by atoms with E-state index in [0.29, 0.717) is 4.90 Å². The number of carbonyl (C=O) groups excluding carboxylic acids is 8. The van der Waals surface area contributed by atoms with Gasteiger partial charge in [0.2, 0.25) is 0 Å². The second-order valence-electron chi connectivity index (χ2n) is 14.4. The van der Waals surface area contributed by atoms with Gasteiger partial charge in [0.05, 0.1) is 22.3 Å². The fourth-order valence-corrected chi connectivity index (χ4v) is 7.41. The Bertz CT molecular complexity index is 2150. The molecule has 3 aliphatic rings. The molecule has 0 aliphatic carbocycles. The van der Waals surface area contributed by atoms with E-state index in [4.69, 9.17) is 47.4 Å².